The molecule has 0 fully saturated rings. The van der Waals surface area contributed by atoms with Crippen LogP contribution in [0.2, 0.25) is 0 Å². The van der Waals surface area contributed by atoms with Crippen molar-refractivity contribution >= 4 is 24.8 Å². The summed E-state index contributed by atoms with van der Waals surface area (Å²) in [5.41, 5.74) is 6.91. The average Bonchev–Trinajstić information content (AvgIpc) is 2.18. The van der Waals surface area contributed by atoms with Crippen molar-refractivity contribution in [1.29, 1.82) is 0 Å². The molecule has 2 atom stereocenters. The number of hydrogen-bond acceptors (Lipinski definition) is 3. The van der Waals surface area contributed by atoms with Crippen molar-refractivity contribution in [1.82, 2.24) is 4.98 Å². The minimum absolute atomic E-state index is 0. The number of pyridine rings is 1. The summed E-state index contributed by atoms with van der Waals surface area (Å²) in [4.78, 5) is 3.91. The van der Waals surface area contributed by atoms with Crippen molar-refractivity contribution in [3.63, 3.8) is 0 Å². The van der Waals surface area contributed by atoms with E-state index in [0.29, 0.717) is 12.8 Å². The summed E-state index contributed by atoms with van der Waals surface area (Å²) in [5.74, 6) is 0. The van der Waals surface area contributed by atoms with Crippen LogP contribution < -0.4 is 5.73 Å². The van der Waals surface area contributed by atoms with E-state index in [0.717, 1.165) is 5.56 Å². The van der Waals surface area contributed by atoms with E-state index in [1.54, 1.807) is 12.4 Å². The zero-order valence-corrected chi connectivity index (χ0v) is 10.3. The highest BCUT2D eigenvalue weighted by Crippen LogP contribution is 2.04. The van der Waals surface area contributed by atoms with Gasteiger partial charge in [0, 0.05) is 18.4 Å². The van der Waals surface area contributed by atoms with Crippen LogP contribution in [0.4, 0.5) is 0 Å². The van der Waals surface area contributed by atoms with E-state index in [2.05, 4.69) is 4.98 Å². The molecule has 1 rings (SSSR count). The highest BCUT2D eigenvalue weighted by Gasteiger charge is 2.12. The van der Waals surface area contributed by atoms with Gasteiger partial charge in [-0.2, -0.15) is 0 Å². The molecule has 88 valence electrons. The zero-order valence-electron chi connectivity index (χ0n) is 8.67. The summed E-state index contributed by atoms with van der Waals surface area (Å²) in [6, 6.07) is 3.66. The fourth-order valence-electron chi connectivity index (χ4n) is 1.23. The highest BCUT2D eigenvalue weighted by atomic mass is 35.5. The molecule has 0 saturated heterocycles. The Balaban J connectivity index is 0. The van der Waals surface area contributed by atoms with Gasteiger partial charge in [-0.1, -0.05) is 6.92 Å². The number of aliphatic hydroxyl groups excluding tert-OH is 1. The molecule has 0 bridgehead atoms. The predicted molar refractivity (Wildman–Crippen MR) is 66.7 cm³/mol. The van der Waals surface area contributed by atoms with Crippen molar-refractivity contribution in [2.24, 2.45) is 5.73 Å². The van der Waals surface area contributed by atoms with Crippen LogP contribution in [0.3, 0.4) is 0 Å². The summed E-state index contributed by atoms with van der Waals surface area (Å²) in [5, 5.41) is 9.45. The summed E-state index contributed by atoms with van der Waals surface area (Å²) >= 11 is 0. The number of aliphatic hydroxyl groups is 1. The number of nitrogens with two attached hydrogens (primary N) is 1. The van der Waals surface area contributed by atoms with Crippen LogP contribution >= 0.6 is 24.8 Å². The Morgan fingerprint density at radius 3 is 2.33 bits per heavy atom. The molecule has 0 amide bonds. The first-order valence-electron chi connectivity index (χ1n) is 4.56. The van der Waals surface area contributed by atoms with E-state index in [-0.39, 0.29) is 30.9 Å². The van der Waals surface area contributed by atoms with Gasteiger partial charge in [0.2, 0.25) is 0 Å². The SMILES string of the molecule is CC[C@H](O)[C@H](N)Cc1ccncc1.Cl.Cl. The van der Waals surface area contributed by atoms with Gasteiger partial charge in [0.25, 0.3) is 0 Å². The molecule has 0 aliphatic carbocycles. The number of nitrogens with zero attached hydrogens (tertiary/aromatic N) is 1. The van der Waals surface area contributed by atoms with E-state index < -0.39 is 6.10 Å². The first-order chi connectivity index (χ1) is 6.24. The van der Waals surface area contributed by atoms with Crippen molar-refractivity contribution < 1.29 is 5.11 Å². The molecule has 1 aromatic heterocycles. The van der Waals surface area contributed by atoms with Crippen molar-refractivity contribution in [3.05, 3.63) is 30.1 Å². The number of hydrogen-bond donors (Lipinski definition) is 2. The highest BCUT2D eigenvalue weighted by molar-refractivity contribution is 5.85. The Morgan fingerprint density at radius 1 is 1.33 bits per heavy atom. The summed E-state index contributed by atoms with van der Waals surface area (Å²) in [7, 11) is 0. The third-order valence-electron chi connectivity index (χ3n) is 2.13. The topological polar surface area (TPSA) is 59.1 Å². The quantitative estimate of drug-likeness (QED) is 0.856. The maximum atomic E-state index is 9.45. The molecule has 0 aliphatic rings. The lowest BCUT2D eigenvalue weighted by Crippen LogP contribution is -2.36. The molecule has 0 aliphatic heterocycles. The first-order valence-corrected chi connectivity index (χ1v) is 4.56. The molecule has 0 saturated carbocycles. The lowest BCUT2D eigenvalue weighted by Gasteiger charge is -2.16. The summed E-state index contributed by atoms with van der Waals surface area (Å²) in [6.07, 6.45) is 4.47. The third-order valence-corrected chi connectivity index (χ3v) is 2.13. The van der Waals surface area contributed by atoms with Crippen molar-refractivity contribution in [3.8, 4) is 0 Å². The van der Waals surface area contributed by atoms with Crippen LogP contribution in [0, 0.1) is 0 Å². The largest absolute Gasteiger partial charge is 0.392 e. The first kappa shape index (κ1) is 17.1. The molecule has 0 radical (unpaired) electrons. The van der Waals surface area contributed by atoms with E-state index in [4.69, 9.17) is 5.73 Å². The molecule has 1 heterocycles. The molecule has 0 unspecified atom stereocenters. The van der Waals surface area contributed by atoms with Gasteiger partial charge < -0.3 is 10.8 Å². The van der Waals surface area contributed by atoms with E-state index in [1.807, 2.05) is 19.1 Å². The zero-order chi connectivity index (χ0) is 9.68. The number of rotatable bonds is 4. The normalized spacial score (nSPS) is 13.3. The second kappa shape index (κ2) is 8.92. The molecule has 1 aromatic rings. The van der Waals surface area contributed by atoms with Gasteiger partial charge >= 0.3 is 0 Å². The molecule has 0 spiro atoms. The van der Waals surface area contributed by atoms with E-state index >= 15 is 0 Å². The maximum absolute atomic E-state index is 9.45. The number of halogens is 2. The molecular weight excluding hydrogens is 235 g/mol. The fourth-order valence-corrected chi connectivity index (χ4v) is 1.23. The smallest absolute Gasteiger partial charge is 0.0691 e. The van der Waals surface area contributed by atoms with Gasteiger partial charge in [0.15, 0.2) is 0 Å². The summed E-state index contributed by atoms with van der Waals surface area (Å²) in [6.45, 7) is 1.93. The van der Waals surface area contributed by atoms with Crippen LogP contribution in [0.1, 0.15) is 18.9 Å². The molecule has 3 N–H and O–H groups in total. The van der Waals surface area contributed by atoms with Gasteiger partial charge in [-0.25, -0.2) is 0 Å². The third kappa shape index (κ3) is 5.95. The van der Waals surface area contributed by atoms with Gasteiger partial charge in [-0.15, -0.1) is 24.8 Å². The minimum atomic E-state index is -0.409. The Morgan fingerprint density at radius 2 is 1.87 bits per heavy atom. The second-order valence-corrected chi connectivity index (χ2v) is 3.20. The average molecular weight is 253 g/mol. The predicted octanol–water partition coefficient (Wildman–Crippen LogP) is 1.57. The Kier molecular flexibility index (Phi) is 10.1. The van der Waals surface area contributed by atoms with Crippen molar-refractivity contribution in [2.45, 2.75) is 31.9 Å². The molecule has 3 nitrogen and oxygen atoms in total. The minimum Gasteiger partial charge on any atom is -0.392 e. The second-order valence-electron chi connectivity index (χ2n) is 3.20. The van der Waals surface area contributed by atoms with Crippen LogP contribution in [0.15, 0.2) is 24.5 Å². The maximum Gasteiger partial charge on any atom is 0.0691 e. The lowest BCUT2D eigenvalue weighted by atomic mass is 10.0. The molecule has 5 heteroatoms. The molecular formula is C10H18Cl2N2O. The Hall–Kier alpha value is -0.350. The monoisotopic (exact) mass is 252 g/mol. The van der Waals surface area contributed by atoms with Crippen LogP contribution in [0.5, 0.6) is 0 Å². The standard InChI is InChI=1S/C10H16N2O.2ClH/c1-2-10(13)9(11)7-8-3-5-12-6-4-8;;/h3-6,9-10,13H,2,7,11H2,1H3;2*1H/t9-,10+;;/m1../s1. The van der Waals surface area contributed by atoms with Gasteiger partial charge in [0.05, 0.1) is 6.10 Å². The fraction of sp³-hybridized carbons (Fsp3) is 0.500. The van der Waals surface area contributed by atoms with Gasteiger partial charge in [0.1, 0.15) is 0 Å². The summed E-state index contributed by atoms with van der Waals surface area (Å²) < 4.78 is 0. The van der Waals surface area contributed by atoms with E-state index in [1.165, 1.54) is 0 Å². The Bertz CT molecular complexity index is 246. The van der Waals surface area contributed by atoms with Crippen LogP contribution in [-0.4, -0.2) is 22.2 Å². The van der Waals surface area contributed by atoms with Crippen LogP contribution in [-0.2, 0) is 6.42 Å². The van der Waals surface area contributed by atoms with Crippen LogP contribution in [0.25, 0.3) is 0 Å². The van der Waals surface area contributed by atoms with Gasteiger partial charge in [-0.3, -0.25) is 4.98 Å². The van der Waals surface area contributed by atoms with E-state index in [9.17, 15) is 5.11 Å². The van der Waals surface area contributed by atoms with Gasteiger partial charge in [-0.05, 0) is 30.5 Å². The lowest BCUT2D eigenvalue weighted by molar-refractivity contribution is 0.140. The Labute approximate surface area is 103 Å². The molecule has 15 heavy (non-hydrogen) atoms. The van der Waals surface area contributed by atoms with Crippen molar-refractivity contribution in [2.75, 3.05) is 0 Å². The number of aromatic nitrogens is 1. The molecule has 0 aromatic carbocycles.